The second-order valence-electron chi connectivity index (χ2n) is 41.7. The number of thiophene rings is 8. The van der Waals surface area contributed by atoms with Crippen LogP contribution >= 0.6 is 90.7 Å². The van der Waals surface area contributed by atoms with Crippen molar-refractivity contribution in [1.29, 1.82) is 0 Å². The van der Waals surface area contributed by atoms with Crippen LogP contribution in [0.4, 0.5) is 0 Å². The first kappa shape index (κ1) is 111. The fourth-order valence-electron chi connectivity index (χ4n) is 22.0. The lowest BCUT2D eigenvalue weighted by atomic mass is 9.93. The van der Waals surface area contributed by atoms with Crippen LogP contribution in [0, 0.1) is 37.5 Å². The summed E-state index contributed by atoms with van der Waals surface area (Å²) in [5.74, 6) is 1.37. The Morgan fingerprint density at radius 3 is 0.645 bits per heavy atom. The summed E-state index contributed by atoms with van der Waals surface area (Å²) in [6, 6.07) is 32.5. The van der Waals surface area contributed by atoms with Gasteiger partial charge in [-0.05, 0) is 211 Å². The SMILES string of the molecule is CCCCCCCCC(CCCCCC)CN1C(=O)C2=C(c3ccc(-c4ccc(-c5sc(-c6ccc(C7=C8C(=O)N(CC(CCCCCC)CCCCCCCC)C(c9ccc(-c%10cc(CCCCCC)c(-c%11ccc(C)s%11)s%10)s9)=C8C(=O)N7CC(CCCCCC)CCCCCCCC)s6)cc5CCCCCC)s4)s3)N(CC(CCCCCC)CCCCCCCC)C(=O)C2=C1c1ccc(C)s1. The minimum Gasteiger partial charge on any atom is -0.306 e. The molecule has 0 aliphatic carbocycles. The van der Waals surface area contributed by atoms with E-state index in [1.807, 2.05) is 45.3 Å². The Morgan fingerprint density at radius 1 is 0.203 bits per heavy atom. The molecule has 0 aromatic carbocycles. The average molecular weight is 2020 g/mol. The molecule has 4 aliphatic heterocycles. The number of unbranched alkanes of at least 4 members (excludes halogenated alkanes) is 38. The quantitative estimate of drug-likeness (QED) is 0.0356. The van der Waals surface area contributed by atoms with Gasteiger partial charge in [0.1, 0.15) is 0 Å². The third kappa shape index (κ3) is 31.3. The Bertz CT molecular complexity index is 5120. The Kier molecular flexibility index (Phi) is 48.7. The largest absolute Gasteiger partial charge is 0.306 e. The predicted molar refractivity (Wildman–Crippen MR) is 610 cm³/mol. The summed E-state index contributed by atoms with van der Waals surface area (Å²) in [5, 5.41) is 0. The minimum atomic E-state index is 0.0177. The maximum Gasteiger partial charge on any atom is 0.261 e. The van der Waals surface area contributed by atoms with Crippen molar-refractivity contribution in [3.63, 3.8) is 0 Å². The third-order valence-corrected chi connectivity index (χ3v) is 39.8. The second kappa shape index (κ2) is 60.4. The van der Waals surface area contributed by atoms with E-state index in [1.165, 1.54) is 334 Å². The standard InChI is InChI=1S/C122H178N4O4S8/c1-13-23-33-43-47-55-65-91(61-51-37-27-17-5)85-123-113(101-73-71-89(11)131-101)109-110(120(123)128)114(124(119(109)127)86-92(62-52-38-28-18-6)66-56-48-44-34-24-14-2)102-79-75-97(133-102)98-78-82-106(136-98)118-96(70-60-42-32-22-10)84-108(138-118)100-77-81-104(135-100)116-112-111(121(129)126(116)88-94(64-54-40-30-20-8)68-58-50-46-36-26-16-4)115(125(122(112)130)87-93(63-53-39-29-19-7)67-57-49-45-35-25-15-3)103-80-76-99(134-103)107-83-95(69-59-41-31-21-9)117(137-107)105-74-72-90(12)132-105/h71-84,91-94H,13-70,85-88H2,1-12H3. The number of carbonyl (C=O) groups is 4. The van der Waals surface area contributed by atoms with Crippen LogP contribution < -0.4 is 0 Å². The van der Waals surface area contributed by atoms with Crippen molar-refractivity contribution in [2.24, 2.45) is 23.7 Å². The van der Waals surface area contributed by atoms with Gasteiger partial charge in [-0.25, -0.2) is 0 Å². The molecule has 8 aromatic rings. The molecule has 8 nitrogen and oxygen atoms in total. The van der Waals surface area contributed by atoms with Crippen LogP contribution in [0.3, 0.4) is 0 Å². The molecular formula is C122H178N4O4S8. The van der Waals surface area contributed by atoms with Crippen LogP contribution in [-0.4, -0.2) is 69.4 Å². The molecule has 4 aliphatic rings. The molecule has 758 valence electrons. The number of amides is 4. The lowest BCUT2D eigenvalue weighted by molar-refractivity contribution is -0.124. The van der Waals surface area contributed by atoms with Gasteiger partial charge in [-0.2, -0.15) is 0 Å². The van der Waals surface area contributed by atoms with Crippen molar-refractivity contribution in [3.8, 4) is 48.8 Å². The molecule has 138 heavy (non-hydrogen) atoms. The molecular weight excluding hydrogens is 1840 g/mol. The highest BCUT2D eigenvalue weighted by Gasteiger charge is 2.52. The molecule has 4 amide bonds. The van der Waals surface area contributed by atoms with E-state index in [-0.39, 0.29) is 23.6 Å². The van der Waals surface area contributed by atoms with E-state index in [9.17, 15) is 0 Å². The first-order valence-corrected chi connectivity index (χ1v) is 63.2. The van der Waals surface area contributed by atoms with Crippen LogP contribution in [0.5, 0.6) is 0 Å². The van der Waals surface area contributed by atoms with Crippen LogP contribution in [0.15, 0.2) is 107 Å². The average Bonchev–Trinajstić information content (AvgIpc) is 1.55. The maximum absolute atomic E-state index is 16.9. The fraction of sp³-hybridized carbons (Fsp3) is 0.639. The second-order valence-corrected chi connectivity index (χ2v) is 50.7. The molecule has 16 heteroatoms. The lowest BCUT2D eigenvalue weighted by Gasteiger charge is -2.29. The Labute approximate surface area is 870 Å². The molecule has 12 rings (SSSR count). The summed E-state index contributed by atoms with van der Waals surface area (Å²) in [5.41, 5.74) is 8.78. The molecule has 4 unspecified atom stereocenters. The smallest absolute Gasteiger partial charge is 0.261 e. The van der Waals surface area contributed by atoms with Crippen molar-refractivity contribution in [2.45, 2.75) is 455 Å². The van der Waals surface area contributed by atoms with Crippen molar-refractivity contribution >= 4 is 137 Å². The Balaban J connectivity index is 0.952. The molecule has 0 radical (unpaired) electrons. The highest BCUT2D eigenvalue weighted by Crippen LogP contribution is 2.56. The molecule has 0 saturated heterocycles. The van der Waals surface area contributed by atoms with Gasteiger partial charge in [0, 0.05) is 84.7 Å². The first-order valence-electron chi connectivity index (χ1n) is 56.7. The van der Waals surface area contributed by atoms with Crippen molar-refractivity contribution in [1.82, 2.24) is 19.6 Å². The molecule has 0 saturated carbocycles. The van der Waals surface area contributed by atoms with E-state index in [1.54, 1.807) is 45.3 Å². The van der Waals surface area contributed by atoms with Crippen molar-refractivity contribution in [2.75, 3.05) is 26.2 Å². The molecule has 0 bridgehead atoms. The zero-order valence-corrected chi connectivity index (χ0v) is 94.5. The third-order valence-electron chi connectivity index (χ3n) is 30.1. The Hall–Kier alpha value is -5.56. The summed E-state index contributed by atoms with van der Waals surface area (Å²) < 4.78 is 0. The number of aryl methyl sites for hydroxylation is 4. The molecule has 8 aromatic heterocycles. The summed E-state index contributed by atoms with van der Waals surface area (Å²) in [6.07, 6.45) is 69.2. The summed E-state index contributed by atoms with van der Waals surface area (Å²) in [7, 11) is 0. The van der Waals surface area contributed by atoms with E-state index >= 15 is 19.2 Å². The van der Waals surface area contributed by atoms with Crippen LogP contribution in [-0.2, 0) is 32.0 Å². The lowest BCUT2D eigenvalue weighted by Crippen LogP contribution is -2.34. The number of rotatable bonds is 75. The van der Waals surface area contributed by atoms with E-state index in [0.717, 1.165) is 150 Å². The van der Waals surface area contributed by atoms with E-state index < -0.39 is 0 Å². The van der Waals surface area contributed by atoms with Gasteiger partial charge < -0.3 is 19.6 Å². The number of carbonyl (C=O) groups excluding carboxylic acids is 4. The summed E-state index contributed by atoms with van der Waals surface area (Å²) in [6.45, 7) is 30.0. The molecule has 0 N–H and O–H groups in total. The monoisotopic (exact) mass is 2020 g/mol. The van der Waals surface area contributed by atoms with Gasteiger partial charge in [0.2, 0.25) is 0 Å². The van der Waals surface area contributed by atoms with Crippen molar-refractivity contribution < 1.29 is 19.2 Å². The van der Waals surface area contributed by atoms with E-state index in [4.69, 9.17) is 0 Å². The van der Waals surface area contributed by atoms with Gasteiger partial charge in [0.25, 0.3) is 23.6 Å². The zero-order valence-electron chi connectivity index (χ0n) is 87.9. The number of hydrogen-bond acceptors (Lipinski definition) is 12. The zero-order chi connectivity index (χ0) is 97.3. The topological polar surface area (TPSA) is 81.2 Å². The maximum atomic E-state index is 16.9. The normalized spacial score (nSPS) is 15.1. The Morgan fingerprint density at radius 2 is 0.391 bits per heavy atom. The van der Waals surface area contributed by atoms with Crippen molar-refractivity contribution in [3.05, 3.63) is 148 Å². The van der Waals surface area contributed by atoms with Gasteiger partial charge in [-0.1, -0.05) is 365 Å². The molecule has 12 heterocycles. The van der Waals surface area contributed by atoms with Crippen LogP contribution in [0.2, 0.25) is 0 Å². The number of nitrogens with zero attached hydrogens (tertiary/aromatic N) is 4. The summed E-state index contributed by atoms with van der Waals surface area (Å²) >= 11 is 14.7. The number of fused-ring (bicyclic) bond motifs is 2. The first-order chi connectivity index (χ1) is 67.6. The highest BCUT2D eigenvalue weighted by molar-refractivity contribution is 7.29. The fourth-order valence-corrected chi connectivity index (χ4v) is 31.0. The van der Waals surface area contributed by atoms with Crippen LogP contribution in [0.1, 0.15) is 469 Å². The van der Waals surface area contributed by atoms with E-state index in [0.29, 0.717) is 72.1 Å². The highest BCUT2D eigenvalue weighted by atomic mass is 32.1. The van der Waals surface area contributed by atoms with Gasteiger partial charge in [0.15, 0.2) is 0 Å². The molecule has 4 atom stereocenters. The molecule has 0 spiro atoms. The molecule has 0 fully saturated rings. The predicted octanol–water partition coefficient (Wildman–Crippen LogP) is 40.3. The summed E-state index contributed by atoms with van der Waals surface area (Å²) in [4.78, 5) is 94.4. The van der Waals surface area contributed by atoms with Gasteiger partial charge in [-0.15, -0.1) is 90.7 Å². The van der Waals surface area contributed by atoms with Crippen LogP contribution in [0.25, 0.3) is 71.6 Å². The van der Waals surface area contributed by atoms with Gasteiger partial charge >= 0.3 is 0 Å². The minimum absolute atomic E-state index is 0.0177. The van der Waals surface area contributed by atoms with E-state index in [2.05, 4.69) is 188 Å². The van der Waals surface area contributed by atoms with Gasteiger partial charge in [0.05, 0.1) is 64.6 Å². The van der Waals surface area contributed by atoms with Gasteiger partial charge in [-0.3, -0.25) is 19.2 Å². The number of hydrogen-bond donors (Lipinski definition) is 0.